The summed E-state index contributed by atoms with van der Waals surface area (Å²) >= 11 is 0. The molecule has 6 heterocycles. The molecule has 46 heavy (non-hydrogen) atoms. The molecule has 1 aliphatic carbocycles. The lowest BCUT2D eigenvalue weighted by Gasteiger charge is -2.60. The first-order valence-electron chi connectivity index (χ1n) is 17.9. The maximum atomic E-state index is 16.8. The van der Waals surface area contributed by atoms with Crippen molar-refractivity contribution in [3.8, 4) is 0 Å². The fourth-order valence-electron chi connectivity index (χ4n) is 10.6. The summed E-state index contributed by atoms with van der Waals surface area (Å²) in [5.74, 6) is -0.396. The second kappa shape index (κ2) is 12.9. The topological polar surface area (TPSA) is 107 Å². The number of urea groups is 1. The molecule has 0 radical (unpaired) electrons. The third kappa shape index (κ3) is 5.46. The van der Waals surface area contributed by atoms with Gasteiger partial charge in [0.15, 0.2) is 0 Å². The quantitative estimate of drug-likeness (QED) is 0.294. The highest BCUT2D eigenvalue weighted by atomic mass is 19.1. The summed E-state index contributed by atoms with van der Waals surface area (Å²) in [5.41, 5.74) is 6.73. The van der Waals surface area contributed by atoms with Crippen LogP contribution in [-0.4, -0.2) is 125 Å². The number of carbonyl (C=O) groups excluding carboxylic acids is 2. The summed E-state index contributed by atoms with van der Waals surface area (Å²) in [6.07, 6.45) is 1.44. The van der Waals surface area contributed by atoms with Gasteiger partial charge in [0.2, 0.25) is 5.91 Å². The molecule has 3 amide bonds. The molecule has 1 saturated carbocycles. The standard InChI is InChI=1S/C33H55F2N9O2/c1-6-26(45)41-14-19(5)42(15-18(41)4)31-22-12-24(35)29-27-21(8-7-9-23(27)34)25-13-37-40-43(25)16-20-10-11-36-28(17(2)3)30(20)44(32(22)38-29)33(46)39-31/h6,17-25,27-32,36-38,40H,1,7-16H2,2-5H3,(H,39,46)/t18-,19+,20?,21?,22?,23?,24?,25?,27?,28?,29?,30?,31?,32?/m1/s1. The molecule has 0 spiro atoms. The maximum Gasteiger partial charge on any atom is 0.320 e. The van der Waals surface area contributed by atoms with Crippen LogP contribution in [0.3, 0.4) is 0 Å². The Kier molecular flexibility index (Phi) is 9.12. The van der Waals surface area contributed by atoms with Gasteiger partial charge in [-0.2, -0.15) is 5.53 Å². The molecule has 14 atom stereocenters. The fraction of sp³-hybridized carbons (Fsp3) is 0.879. The van der Waals surface area contributed by atoms with Crippen LogP contribution in [0, 0.1) is 29.6 Å². The summed E-state index contributed by atoms with van der Waals surface area (Å²) in [4.78, 5) is 33.4. The number of hydrogen-bond donors (Lipinski definition) is 5. The first-order valence-corrected chi connectivity index (χ1v) is 17.9. The van der Waals surface area contributed by atoms with Gasteiger partial charge < -0.3 is 20.4 Å². The number of nitrogens with one attached hydrogen (secondary N) is 5. The Labute approximate surface area is 272 Å². The number of alkyl halides is 2. The van der Waals surface area contributed by atoms with Gasteiger partial charge in [-0.1, -0.05) is 26.8 Å². The van der Waals surface area contributed by atoms with Crippen LogP contribution in [0.4, 0.5) is 13.6 Å². The van der Waals surface area contributed by atoms with E-state index in [1.807, 2.05) is 16.7 Å². The Balaban J connectivity index is 1.29. The third-order valence-electron chi connectivity index (χ3n) is 12.7. The molecule has 7 fully saturated rings. The van der Waals surface area contributed by atoms with E-state index in [0.717, 1.165) is 32.4 Å². The molecule has 11 nitrogen and oxygen atoms in total. The summed E-state index contributed by atoms with van der Waals surface area (Å²) in [6, 6.07) is -0.982. The monoisotopic (exact) mass is 647 g/mol. The number of halogens is 2. The number of rotatable bonds is 3. The van der Waals surface area contributed by atoms with Crippen LogP contribution < -0.4 is 26.9 Å². The van der Waals surface area contributed by atoms with Gasteiger partial charge in [0.05, 0.1) is 18.4 Å². The lowest BCUT2D eigenvalue weighted by molar-refractivity contribution is -0.136. The first kappa shape index (κ1) is 32.6. The average Bonchev–Trinajstić information content (AvgIpc) is 3.48. The van der Waals surface area contributed by atoms with Crippen LogP contribution in [0.5, 0.6) is 0 Å². The summed E-state index contributed by atoms with van der Waals surface area (Å²) in [7, 11) is 0. The molecule has 7 aliphatic rings. The van der Waals surface area contributed by atoms with Crippen molar-refractivity contribution in [2.75, 3.05) is 32.7 Å². The van der Waals surface area contributed by atoms with E-state index in [-0.39, 0.29) is 72.2 Å². The van der Waals surface area contributed by atoms with Gasteiger partial charge in [0, 0.05) is 68.2 Å². The van der Waals surface area contributed by atoms with E-state index in [1.54, 1.807) is 0 Å². The molecule has 258 valence electrons. The number of piperidine rings is 2. The number of fused-ring (bicyclic) bond motifs is 7. The molecule has 5 N–H and O–H groups in total. The van der Waals surface area contributed by atoms with Gasteiger partial charge >= 0.3 is 6.03 Å². The molecular formula is C33H55F2N9O2. The molecule has 0 aromatic heterocycles. The second-order valence-corrected chi connectivity index (χ2v) is 15.6. The van der Waals surface area contributed by atoms with Gasteiger partial charge in [-0.3, -0.25) is 15.0 Å². The van der Waals surface area contributed by atoms with Crippen LogP contribution in [0.2, 0.25) is 0 Å². The molecule has 6 saturated heterocycles. The second-order valence-electron chi connectivity index (χ2n) is 15.6. The van der Waals surface area contributed by atoms with Crippen LogP contribution >= 0.6 is 0 Å². The van der Waals surface area contributed by atoms with E-state index in [2.05, 4.69) is 64.2 Å². The predicted octanol–water partition coefficient (Wildman–Crippen LogP) is 1.55. The van der Waals surface area contributed by atoms with Crippen molar-refractivity contribution in [2.45, 2.75) is 121 Å². The van der Waals surface area contributed by atoms with Gasteiger partial charge in [-0.05, 0) is 69.9 Å². The van der Waals surface area contributed by atoms with E-state index in [9.17, 15) is 9.59 Å². The molecule has 13 heteroatoms. The van der Waals surface area contributed by atoms with Gasteiger partial charge in [-0.25, -0.2) is 24.0 Å². The van der Waals surface area contributed by atoms with Crippen molar-refractivity contribution in [2.24, 2.45) is 29.6 Å². The van der Waals surface area contributed by atoms with Gasteiger partial charge in [-0.15, -0.1) is 0 Å². The van der Waals surface area contributed by atoms with E-state index in [4.69, 9.17) is 0 Å². The van der Waals surface area contributed by atoms with Crippen LogP contribution in [0.15, 0.2) is 12.7 Å². The smallest absolute Gasteiger partial charge is 0.320 e. The summed E-state index contributed by atoms with van der Waals surface area (Å²) in [5, 5.41) is 13.1. The maximum absolute atomic E-state index is 16.8. The van der Waals surface area contributed by atoms with Crippen molar-refractivity contribution in [3.63, 3.8) is 0 Å². The normalized spacial score (nSPS) is 46.9. The van der Waals surface area contributed by atoms with Gasteiger partial charge in [0.1, 0.15) is 12.3 Å². The Morgan fingerprint density at radius 2 is 1.83 bits per heavy atom. The largest absolute Gasteiger partial charge is 0.334 e. The zero-order valence-electron chi connectivity index (χ0n) is 27.9. The number of hydrogen-bond acceptors (Lipinski definition) is 8. The Bertz CT molecular complexity index is 1160. The summed E-state index contributed by atoms with van der Waals surface area (Å²) < 4.78 is 33.0. The predicted molar refractivity (Wildman–Crippen MR) is 171 cm³/mol. The van der Waals surface area contributed by atoms with Crippen LogP contribution in [-0.2, 0) is 4.79 Å². The Morgan fingerprint density at radius 1 is 1.02 bits per heavy atom. The van der Waals surface area contributed by atoms with Gasteiger partial charge in [0.25, 0.3) is 0 Å². The Hall–Kier alpha value is -1.90. The van der Waals surface area contributed by atoms with Crippen molar-refractivity contribution in [1.29, 1.82) is 0 Å². The number of hydrazine groups is 2. The first-order chi connectivity index (χ1) is 22.1. The van der Waals surface area contributed by atoms with Crippen molar-refractivity contribution >= 4 is 11.9 Å². The lowest BCUT2D eigenvalue weighted by Crippen LogP contribution is -2.80. The minimum atomic E-state index is -1.25. The molecule has 0 aromatic rings. The number of nitrogens with zero attached hydrogens (tertiary/aromatic N) is 4. The SMILES string of the molecule is C=CC(=O)N1C[C@H](C)N(C2NC(=O)N3C4NC(C(F)CC42)C2C(F)CCCC2C2CNNN2CC2CCNC(C(C)C)C23)C[C@H]1C. The minimum Gasteiger partial charge on any atom is -0.334 e. The third-order valence-corrected chi connectivity index (χ3v) is 12.7. The molecule has 12 unspecified atom stereocenters. The molecule has 7 rings (SSSR count). The summed E-state index contributed by atoms with van der Waals surface area (Å²) in [6.45, 7) is 15.5. The zero-order chi connectivity index (χ0) is 32.4. The molecule has 2 bridgehead atoms. The molecule has 0 aromatic carbocycles. The lowest BCUT2D eigenvalue weighted by atomic mass is 9.67. The van der Waals surface area contributed by atoms with Crippen molar-refractivity contribution in [3.05, 3.63) is 12.7 Å². The van der Waals surface area contributed by atoms with Crippen LogP contribution in [0.1, 0.15) is 59.8 Å². The van der Waals surface area contributed by atoms with E-state index < -0.39 is 36.6 Å². The zero-order valence-corrected chi connectivity index (χ0v) is 27.9. The van der Waals surface area contributed by atoms with E-state index in [0.29, 0.717) is 26.1 Å². The highest BCUT2D eigenvalue weighted by molar-refractivity contribution is 5.87. The minimum absolute atomic E-state index is 0.00396. The Morgan fingerprint density at radius 3 is 2.59 bits per heavy atom. The fourth-order valence-corrected chi connectivity index (χ4v) is 10.6. The van der Waals surface area contributed by atoms with E-state index >= 15 is 8.78 Å². The van der Waals surface area contributed by atoms with Crippen molar-refractivity contribution < 1.29 is 18.4 Å². The number of amides is 3. The molecule has 6 aliphatic heterocycles. The van der Waals surface area contributed by atoms with Crippen LogP contribution in [0.25, 0.3) is 0 Å². The average molecular weight is 648 g/mol. The number of piperazine rings is 1. The van der Waals surface area contributed by atoms with E-state index in [1.165, 1.54) is 6.08 Å². The molecular weight excluding hydrogens is 592 g/mol. The van der Waals surface area contributed by atoms with Crippen molar-refractivity contribution in [1.82, 2.24) is 46.6 Å². The highest BCUT2D eigenvalue weighted by Crippen LogP contribution is 2.46. The number of carbonyl (C=O) groups is 2. The highest BCUT2D eigenvalue weighted by Gasteiger charge is 2.59.